The molecule has 22 heteroatoms. The van der Waals surface area contributed by atoms with Gasteiger partial charge in [0, 0.05) is 36.3 Å². The second-order valence-corrected chi connectivity index (χ2v) is 17.8. The Morgan fingerprint density at radius 3 is 2.13 bits per heavy atom. The highest BCUT2D eigenvalue weighted by Gasteiger charge is 2.42. The van der Waals surface area contributed by atoms with Crippen molar-refractivity contribution in [2.45, 2.75) is 147 Å². The number of hydrogen-bond donors (Lipinski definition) is 12. The van der Waals surface area contributed by atoms with Crippen molar-refractivity contribution in [3.05, 3.63) is 0 Å². The lowest BCUT2D eigenvalue weighted by Gasteiger charge is -2.28. The Bertz CT molecular complexity index is 1520. The molecule has 2 aliphatic heterocycles. The Balaban J connectivity index is 1.78. The summed E-state index contributed by atoms with van der Waals surface area (Å²) in [7, 11) is 0. The fourth-order valence-electron chi connectivity index (χ4n) is 7.24. The van der Waals surface area contributed by atoms with Gasteiger partial charge in [-0.15, -0.1) is 0 Å². The monoisotopic (exact) mass is 898 g/mol. The number of rotatable bonds is 31. The number of hydrogen-bond acceptors (Lipinski definition) is 12. The van der Waals surface area contributed by atoms with Gasteiger partial charge in [0.15, 0.2) is 0 Å². The molecule has 2 rings (SSSR count). The molecule has 14 N–H and O–H groups in total. The van der Waals surface area contributed by atoms with Gasteiger partial charge in [0.1, 0.15) is 18.1 Å². The summed E-state index contributed by atoms with van der Waals surface area (Å²) in [6.45, 7) is 7.02. The van der Waals surface area contributed by atoms with Crippen molar-refractivity contribution in [2.75, 3.05) is 31.9 Å². The third-order valence-electron chi connectivity index (χ3n) is 10.9. The van der Waals surface area contributed by atoms with E-state index < -0.39 is 78.5 Å². The van der Waals surface area contributed by atoms with Crippen LogP contribution in [0.4, 0.5) is 4.79 Å². The summed E-state index contributed by atoms with van der Waals surface area (Å²) in [6, 6.07) is -2.97. The first-order chi connectivity index (χ1) is 29.5. The summed E-state index contributed by atoms with van der Waals surface area (Å²) in [6.07, 6.45) is 5.86. The molecule has 0 aromatic carbocycles. The molecular formula is C40H71N11O10S. The van der Waals surface area contributed by atoms with Crippen LogP contribution < -0.4 is 59.5 Å². The summed E-state index contributed by atoms with van der Waals surface area (Å²) in [5, 5.41) is 30.9. The zero-order valence-electron chi connectivity index (χ0n) is 36.6. The lowest BCUT2D eigenvalue weighted by atomic mass is 9.91. The van der Waals surface area contributed by atoms with E-state index in [2.05, 4.69) is 42.5 Å². The molecule has 10 amide bonds. The first-order valence-corrected chi connectivity index (χ1v) is 22.9. The second-order valence-electron chi connectivity index (χ2n) is 16.5. The van der Waals surface area contributed by atoms with Gasteiger partial charge in [-0.1, -0.05) is 40.5 Å². The number of primary amides is 1. The third-order valence-corrected chi connectivity index (χ3v) is 12.4. The molecule has 2 fully saturated rings. The molecule has 0 aliphatic carbocycles. The summed E-state index contributed by atoms with van der Waals surface area (Å²) >= 11 is 1.84. The Labute approximate surface area is 368 Å². The van der Waals surface area contributed by atoms with Gasteiger partial charge in [0.25, 0.3) is 0 Å². The predicted octanol–water partition coefficient (Wildman–Crippen LogP) is -1.10. The second kappa shape index (κ2) is 28.8. The molecule has 2 heterocycles. The average Bonchev–Trinajstić information content (AvgIpc) is 3.79. The van der Waals surface area contributed by atoms with Gasteiger partial charge in [-0.2, -0.15) is 11.8 Å². The summed E-state index contributed by atoms with van der Waals surface area (Å²) in [4.78, 5) is 113. The predicted molar refractivity (Wildman–Crippen MR) is 232 cm³/mol. The fraction of sp³-hybridized carbons (Fsp3) is 0.775. The van der Waals surface area contributed by atoms with Crippen molar-refractivity contribution in [3.63, 3.8) is 0 Å². The lowest BCUT2D eigenvalue weighted by molar-refractivity contribution is -0.137. The third kappa shape index (κ3) is 20.0. The fourth-order valence-corrected chi connectivity index (χ4v) is 8.79. The lowest BCUT2D eigenvalue weighted by Crippen LogP contribution is -2.57. The number of unbranched alkanes of at least 4 members (excludes halogenated alkanes) is 3. The highest BCUT2D eigenvalue weighted by molar-refractivity contribution is 8.00. The van der Waals surface area contributed by atoms with Crippen molar-refractivity contribution in [1.82, 2.24) is 48.0 Å². The number of fused-ring (bicyclic) bond motifs is 1. The Kier molecular flexibility index (Phi) is 24.8. The standard InChI is InChI=1S/C40H71N11O10S/c1-5-24(4)34(49-37(57)25(18-23(2)3)19-31(53)51-61)39(59)47-27(13-8-10-16-41)38(58)45-20-32(54)44-21-33(55)46-26(36(42)56)12-9-11-17-43-30(52)15-7-6-14-29-35-28(22-62-29)48-40(60)50-35/h23-29,34-35,61H,5-22,41H2,1-4H3,(H2,42,56)(H,43,52)(H,44,54)(H,45,58)(H,46,55)(H,47,59)(H,49,57)(H,51,53)(H2,48,50,60)/t24-,25?,26-,27-,28-,29-,34-,35-/m0/s1. The summed E-state index contributed by atoms with van der Waals surface area (Å²) < 4.78 is 0. The zero-order chi connectivity index (χ0) is 46.2. The van der Waals surface area contributed by atoms with Crippen LogP contribution in [0.2, 0.25) is 0 Å². The van der Waals surface area contributed by atoms with Crippen molar-refractivity contribution >= 4 is 65.1 Å². The maximum atomic E-state index is 13.6. The average molecular weight is 898 g/mol. The van der Waals surface area contributed by atoms with Crippen LogP contribution in [0.5, 0.6) is 0 Å². The van der Waals surface area contributed by atoms with Crippen molar-refractivity contribution < 1.29 is 48.4 Å². The minimum Gasteiger partial charge on any atom is -0.368 e. The van der Waals surface area contributed by atoms with Gasteiger partial charge in [-0.05, 0) is 76.2 Å². The Morgan fingerprint density at radius 1 is 0.774 bits per heavy atom. The van der Waals surface area contributed by atoms with E-state index in [9.17, 15) is 43.2 Å². The molecule has 21 nitrogen and oxygen atoms in total. The van der Waals surface area contributed by atoms with E-state index in [1.54, 1.807) is 6.92 Å². The Morgan fingerprint density at radius 2 is 1.47 bits per heavy atom. The van der Waals surface area contributed by atoms with E-state index in [1.807, 2.05) is 32.5 Å². The molecule has 8 atom stereocenters. The minimum absolute atomic E-state index is 0.0335. The van der Waals surface area contributed by atoms with Crippen LogP contribution in [-0.4, -0.2) is 126 Å². The number of thioether (sulfide) groups is 1. The molecule has 0 spiro atoms. The van der Waals surface area contributed by atoms with Crippen LogP contribution >= 0.6 is 11.8 Å². The summed E-state index contributed by atoms with van der Waals surface area (Å²) in [5.74, 6) is -5.10. The minimum atomic E-state index is -1.10. The van der Waals surface area contributed by atoms with E-state index in [0.29, 0.717) is 63.3 Å². The number of amides is 10. The van der Waals surface area contributed by atoms with Crippen LogP contribution in [0.15, 0.2) is 0 Å². The maximum Gasteiger partial charge on any atom is 0.315 e. The number of hydroxylamine groups is 1. The zero-order valence-corrected chi connectivity index (χ0v) is 37.4. The van der Waals surface area contributed by atoms with Crippen molar-refractivity contribution in [1.29, 1.82) is 0 Å². The summed E-state index contributed by atoms with van der Waals surface area (Å²) in [5.41, 5.74) is 12.7. The smallest absolute Gasteiger partial charge is 0.315 e. The van der Waals surface area contributed by atoms with E-state index >= 15 is 0 Å². The molecule has 62 heavy (non-hydrogen) atoms. The van der Waals surface area contributed by atoms with Gasteiger partial charge < -0.3 is 54.0 Å². The van der Waals surface area contributed by atoms with Crippen molar-refractivity contribution in [3.8, 4) is 0 Å². The Hall–Kier alpha value is -4.70. The molecule has 0 bridgehead atoms. The first kappa shape index (κ1) is 53.4. The first-order valence-electron chi connectivity index (χ1n) is 21.8. The molecule has 0 saturated carbocycles. The number of carbonyl (C=O) groups excluding carboxylic acids is 9. The van der Waals surface area contributed by atoms with Gasteiger partial charge in [-0.3, -0.25) is 43.6 Å². The van der Waals surface area contributed by atoms with E-state index in [1.165, 1.54) is 5.48 Å². The number of nitrogens with one attached hydrogen (secondary N) is 9. The van der Waals surface area contributed by atoms with E-state index in [4.69, 9.17) is 16.7 Å². The molecule has 1 unspecified atom stereocenters. The molecule has 2 aliphatic rings. The van der Waals surface area contributed by atoms with Gasteiger partial charge in [0.05, 0.1) is 25.2 Å². The van der Waals surface area contributed by atoms with Crippen LogP contribution in [0.25, 0.3) is 0 Å². The number of urea groups is 1. The molecular weight excluding hydrogens is 827 g/mol. The van der Waals surface area contributed by atoms with Crippen LogP contribution in [0.1, 0.15) is 111 Å². The van der Waals surface area contributed by atoms with Gasteiger partial charge in [-0.25, -0.2) is 10.3 Å². The van der Waals surface area contributed by atoms with E-state index in [0.717, 1.165) is 25.0 Å². The SMILES string of the molecule is CC[C@H](C)[C@H](NC(=O)C(CC(=O)NO)CC(C)C)C(=O)N[C@@H](CCCCN)C(=O)NCC(=O)NCC(=O)N[C@@H](CCCCNC(=O)CCCC[C@@H]1SC[C@@H]2NC(=O)N[C@@H]21)C(N)=O. The van der Waals surface area contributed by atoms with Crippen LogP contribution in [0.3, 0.4) is 0 Å². The molecule has 0 aromatic heterocycles. The number of nitrogens with two attached hydrogens (primary N) is 2. The maximum absolute atomic E-state index is 13.6. The normalized spacial score (nSPS) is 19.0. The molecule has 352 valence electrons. The van der Waals surface area contributed by atoms with E-state index in [-0.39, 0.29) is 55.1 Å². The molecule has 0 aromatic rings. The quantitative estimate of drug-likeness (QED) is 0.0171. The molecule has 0 radical (unpaired) electrons. The highest BCUT2D eigenvalue weighted by Crippen LogP contribution is 2.33. The molecule has 2 saturated heterocycles. The largest absolute Gasteiger partial charge is 0.368 e. The van der Waals surface area contributed by atoms with Gasteiger partial charge >= 0.3 is 6.03 Å². The van der Waals surface area contributed by atoms with Gasteiger partial charge in [0.2, 0.25) is 47.3 Å². The number of carbonyl (C=O) groups is 9. The van der Waals surface area contributed by atoms with Crippen LogP contribution in [0, 0.1) is 17.8 Å². The highest BCUT2D eigenvalue weighted by atomic mass is 32.2. The van der Waals surface area contributed by atoms with Crippen LogP contribution in [-0.2, 0) is 38.4 Å². The topological polar surface area (TPSA) is 334 Å². The van der Waals surface area contributed by atoms with Crippen molar-refractivity contribution in [2.24, 2.45) is 29.2 Å².